The number of rotatable bonds is 3. The van der Waals surface area contributed by atoms with Crippen LogP contribution in [0.3, 0.4) is 0 Å². The van der Waals surface area contributed by atoms with E-state index in [1.54, 1.807) is 37.0 Å². The van der Waals surface area contributed by atoms with Crippen molar-refractivity contribution in [3.05, 3.63) is 30.9 Å². The molecule has 0 saturated carbocycles. The van der Waals surface area contributed by atoms with E-state index in [1.807, 2.05) is 0 Å². The summed E-state index contributed by atoms with van der Waals surface area (Å²) in [6, 6.07) is 0. The first-order valence-corrected chi connectivity index (χ1v) is 3.96. The molecule has 0 amide bonds. The zero-order chi connectivity index (χ0) is 9.84. The van der Waals surface area contributed by atoms with E-state index in [4.69, 9.17) is 4.74 Å². The Morgan fingerprint density at radius 1 is 1.85 bits per heavy atom. The number of nitrogens with zero attached hydrogens (tertiary/aromatic N) is 2. The van der Waals surface area contributed by atoms with Crippen molar-refractivity contribution in [3.63, 3.8) is 0 Å². The molecule has 1 heterocycles. The van der Waals surface area contributed by atoms with Crippen LogP contribution < -0.4 is 0 Å². The van der Waals surface area contributed by atoms with Gasteiger partial charge in [-0.15, -0.1) is 0 Å². The number of esters is 1. The predicted molar refractivity (Wildman–Crippen MR) is 48.3 cm³/mol. The Morgan fingerprint density at radius 3 is 3.00 bits per heavy atom. The number of carbonyl (C=O) groups is 1. The molecule has 1 aromatic heterocycles. The zero-order valence-corrected chi connectivity index (χ0v) is 7.73. The van der Waals surface area contributed by atoms with Crippen LogP contribution in [0.5, 0.6) is 0 Å². The molecule has 0 radical (unpaired) electrons. The van der Waals surface area contributed by atoms with Crippen LogP contribution in [-0.2, 0) is 11.8 Å². The van der Waals surface area contributed by atoms with E-state index in [0.29, 0.717) is 5.82 Å². The lowest BCUT2D eigenvalue weighted by Gasteiger charge is -2.07. The van der Waals surface area contributed by atoms with Gasteiger partial charge in [-0.1, -0.05) is 12.7 Å². The summed E-state index contributed by atoms with van der Waals surface area (Å²) in [5.41, 5.74) is 0. The lowest BCUT2D eigenvalue weighted by atomic mass is 10.4. The minimum atomic E-state index is -0.431. The van der Waals surface area contributed by atoms with Gasteiger partial charge in [-0.05, 0) is 6.92 Å². The van der Waals surface area contributed by atoms with Gasteiger partial charge in [0.1, 0.15) is 6.10 Å². The van der Waals surface area contributed by atoms with Crippen molar-refractivity contribution in [1.29, 1.82) is 0 Å². The molecule has 0 aliphatic rings. The third-order valence-electron chi connectivity index (χ3n) is 1.63. The summed E-state index contributed by atoms with van der Waals surface area (Å²) < 4.78 is 6.59. The second kappa shape index (κ2) is 3.89. The number of ether oxygens (including phenoxy) is 1. The Labute approximate surface area is 76.8 Å². The van der Waals surface area contributed by atoms with E-state index in [2.05, 4.69) is 11.6 Å². The normalized spacial score (nSPS) is 12.2. The molecule has 0 spiro atoms. The largest absolute Gasteiger partial charge is 0.453 e. The molecule has 0 aromatic carbocycles. The van der Waals surface area contributed by atoms with Crippen molar-refractivity contribution in [3.8, 4) is 0 Å². The summed E-state index contributed by atoms with van der Waals surface area (Å²) in [7, 11) is 1.74. The molecule has 0 aliphatic heterocycles. The number of aryl methyl sites for hydroxylation is 1. The molecule has 4 nitrogen and oxygen atoms in total. The van der Waals surface area contributed by atoms with Gasteiger partial charge in [-0.3, -0.25) is 0 Å². The second-order valence-electron chi connectivity index (χ2n) is 2.71. The molecule has 13 heavy (non-hydrogen) atoms. The first-order valence-electron chi connectivity index (χ1n) is 3.96. The molecular formula is C9H12N2O2. The molecule has 1 rings (SSSR count). The standard InChI is InChI=1S/C9H12N2O2/c1-4-7(2)13-9(12)8-10-5-6-11(8)3/h4-7H,1H2,2-3H3. The average molecular weight is 180 g/mol. The molecule has 0 aliphatic carbocycles. The number of aromatic nitrogens is 2. The van der Waals surface area contributed by atoms with Crippen molar-refractivity contribution in [1.82, 2.24) is 9.55 Å². The topological polar surface area (TPSA) is 44.1 Å². The maximum Gasteiger partial charge on any atom is 0.375 e. The van der Waals surface area contributed by atoms with Gasteiger partial charge in [0.15, 0.2) is 0 Å². The first kappa shape index (κ1) is 9.51. The lowest BCUT2D eigenvalue weighted by Crippen LogP contribution is -2.16. The number of hydrogen-bond acceptors (Lipinski definition) is 3. The third kappa shape index (κ3) is 2.18. The first-order chi connectivity index (χ1) is 6.15. The van der Waals surface area contributed by atoms with Gasteiger partial charge in [-0.25, -0.2) is 9.78 Å². The molecule has 0 saturated heterocycles. The monoisotopic (exact) mass is 180 g/mol. The van der Waals surface area contributed by atoms with Crippen molar-refractivity contribution in [2.24, 2.45) is 7.05 Å². The second-order valence-corrected chi connectivity index (χ2v) is 2.71. The predicted octanol–water partition coefficient (Wildman–Crippen LogP) is 1.15. The van der Waals surface area contributed by atoms with Crippen LogP contribution in [-0.4, -0.2) is 21.6 Å². The highest BCUT2D eigenvalue weighted by molar-refractivity contribution is 5.85. The van der Waals surface area contributed by atoms with E-state index < -0.39 is 5.97 Å². The maximum absolute atomic E-state index is 11.3. The smallest absolute Gasteiger partial charge is 0.375 e. The van der Waals surface area contributed by atoms with Crippen molar-refractivity contribution < 1.29 is 9.53 Å². The summed E-state index contributed by atoms with van der Waals surface area (Å²) in [5, 5.41) is 0. The van der Waals surface area contributed by atoms with E-state index in [-0.39, 0.29) is 6.10 Å². The fraction of sp³-hybridized carbons (Fsp3) is 0.333. The Morgan fingerprint density at radius 2 is 2.54 bits per heavy atom. The lowest BCUT2D eigenvalue weighted by molar-refractivity contribution is 0.0406. The van der Waals surface area contributed by atoms with Crippen LogP contribution >= 0.6 is 0 Å². The van der Waals surface area contributed by atoms with Crippen LogP contribution in [0.2, 0.25) is 0 Å². The van der Waals surface area contributed by atoms with Gasteiger partial charge in [-0.2, -0.15) is 0 Å². The summed E-state index contributed by atoms with van der Waals surface area (Å²) in [5.74, 6) is -0.131. The van der Waals surface area contributed by atoms with Crippen molar-refractivity contribution >= 4 is 5.97 Å². The van der Waals surface area contributed by atoms with E-state index in [0.717, 1.165) is 0 Å². The van der Waals surface area contributed by atoms with Crippen molar-refractivity contribution in [2.75, 3.05) is 0 Å². The quantitative estimate of drug-likeness (QED) is 0.517. The van der Waals surface area contributed by atoms with Crippen LogP contribution in [0.4, 0.5) is 0 Å². The van der Waals surface area contributed by atoms with Crippen molar-refractivity contribution in [2.45, 2.75) is 13.0 Å². The van der Waals surface area contributed by atoms with Crippen LogP contribution in [0.15, 0.2) is 25.0 Å². The van der Waals surface area contributed by atoms with Gasteiger partial charge >= 0.3 is 5.97 Å². The molecule has 0 bridgehead atoms. The summed E-state index contributed by atoms with van der Waals surface area (Å²) >= 11 is 0. The Balaban J connectivity index is 2.69. The molecule has 4 heteroatoms. The summed E-state index contributed by atoms with van der Waals surface area (Å²) in [6.07, 6.45) is 4.51. The Kier molecular flexibility index (Phi) is 2.84. The highest BCUT2D eigenvalue weighted by atomic mass is 16.5. The van der Waals surface area contributed by atoms with Gasteiger partial charge in [0.2, 0.25) is 5.82 Å². The molecule has 0 fully saturated rings. The Hall–Kier alpha value is -1.58. The summed E-state index contributed by atoms with van der Waals surface area (Å²) in [4.78, 5) is 15.2. The highest BCUT2D eigenvalue weighted by Gasteiger charge is 2.13. The fourth-order valence-corrected chi connectivity index (χ4v) is 0.832. The zero-order valence-electron chi connectivity index (χ0n) is 7.73. The summed E-state index contributed by atoms with van der Waals surface area (Å²) in [6.45, 7) is 5.26. The average Bonchev–Trinajstić information content (AvgIpc) is 2.51. The molecule has 1 atom stereocenters. The van der Waals surface area contributed by atoms with Crippen LogP contribution in [0, 0.1) is 0 Å². The number of carbonyl (C=O) groups excluding carboxylic acids is 1. The molecule has 0 N–H and O–H groups in total. The molecule has 70 valence electrons. The number of hydrogen-bond donors (Lipinski definition) is 0. The number of imidazole rings is 1. The molecule has 1 aromatic rings. The SMILES string of the molecule is C=CC(C)OC(=O)c1nccn1C. The molecule has 1 unspecified atom stereocenters. The third-order valence-corrected chi connectivity index (χ3v) is 1.63. The van der Waals surface area contributed by atoms with Gasteiger partial charge in [0.05, 0.1) is 0 Å². The van der Waals surface area contributed by atoms with E-state index in [9.17, 15) is 4.79 Å². The minimum absolute atomic E-state index is 0.288. The fourth-order valence-electron chi connectivity index (χ4n) is 0.832. The van der Waals surface area contributed by atoms with Gasteiger partial charge < -0.3 is 9.30 Å². The highest BCUT2D eigenvalue weighted by Crippen LogP contribution is 2.01. The van der Waals surface area contributed by atoms with Gasteiger partial charge in [0, 0.05) is 19.4 Å². The van der Waals surface area contributed by atoms with E-state index >= 15 is 0 Å². The Bertz CT molecular complexity index is 317. The van der Waals surface area contributed by atoms with Crippen LogP contribution in [0.25, 0.3) is 0 Å². The minimum Gasteiger partial charge on any atom is -0.453 e. The van der Waals surface area contributed by atoms with Crippen LogP contribution in [0.1, 0.15) is 17.5 Å². The van der Waals surface area contributed by atoms with Gasteiger partial charge in [0.25, 0.3) is 0 Å². The molecular weight excluding hydrogens is 168 g/mol. The van der Waals surface area contributed by atoms with E-state index in [1.165, 1.54) is 0 Å². The maximum atomic E-state index is 11.3.